The molecule has 5 heteroatoms. The Bertz CT molecular complexity index is 665. The summed E-state index contributed by atoms with van der Waals surface area (Å²) in [7, 11) is 0. The average Bonchev–Trinajstić information content (AvgIpc) is 2.88. The molecule has 0 atom stereocenters. The molecule has 0 aliphatic heterocycles. The second-order valence-electron chi connectivity index (χ2n) is 3.94. The quantitative estimate of drug-likeness (QED) is 0.550. The van der Waals surface area contributed by atoms with Crippen LogP contribution in [-0.4, -0.2) is 23.7 Å². The van der Waals surface area contributed by atoms with Crippen molar-refractivity contribution < 1.29 is 0 Å². The van der Waals surface area contributed by atoms with E-state index in [2.05, 4.69) is 53.0 Å². The Hall–Kier alpha value is -0.741. The molecular weight excluding hydrogens is 435 g/mol. The first kappa shape index (κ1) is 13.3. The molecule has 0 unspecified atom stereocenters. The van der Waals surface area contributed by atoms with Gasteiger partial charge in [-0.1, -0.05) is 0 Å². The van der Waals surface area contributed by atoms with Crippen LogP contribution < -0.4 is 0 Å². The summed E-state index contributed by atoms with van der Waals surface area (Å²) in [6.45, 7) is 0. The predicted molar refractivity (Wildman–Crippen MR) is 85.2 cm³/mol. The first-order valence-electron chi connectivity index (χ1n) is 5.58. The average molecular weight is 443 g/mol. The van der Waals surface area contributed by atoms with E-state index < -0.39 is 0 Å². The van der Waals surface area contributed by atoms with Gasteiger partial charge in [0, 0.05) is 0 Å². The second-order valence-corrected chi connectivity index (χ2v) is 7.35. The van der Waals surface area contributed by atoms with E-state index in [0.29, 0.717) is 0 Å². The van der Waals surface area contributed by atoms with E-state index in [0.717, 1.165) is 30.5 Å². The van der Waals surface area contributed by atoms with E-state index >= 15 is 0 Å². The standard InChI is InChI=1S/C14H8Br2N2Se/c15-11-5-1-3-9(7-11)13-17-14(19-18-13)10-4-2-6-12(16)8-10/h1-8H. The topological polar surface area (TPSA) is 25.8 Å². The molecule has 0 spiro atoms. The number of nitrogens with zero attached hydrogens (tertiary/aromatic N) is 2. The van der Waals surface area contributed by atoms with Crippen LogP contribution >= 0.6 is 31.9 Å². The van der Waals surface area contributed by atoms with Gasteiger partial charge < -0.3 is 0 Å². The molecule has 1 aromatic heterocycles. The Labute approximate surface area is 134 Å². The molecule has 0 fully saturated rings. The summed E-state index contributed by atoms with van der Waals surface area (Å²) in [5.74, 6) is 0.830. The van der Waals surface area contributed by atoms with Crippen molar-refractivity contribution in [1.82, 2.24) is 8.96 Å². The minimum absolute atomic E-state index is 0.0540. The summed E-state index contributed by atoms with van der Waals surface area (Å²) < 4.78 is 7.76. The van der Waals surface area contributed by atoms with Crippen molar-refractivity contribution in [2.75, 3.05) is 0 Å². The fraction of sp³-hybridized carbons (Fsp3) is 0. The van der Waals surface area contributed by atoms with Crippen LogP contribution in [0.15, 0.2) is 57.5 Å². The van der Waals surface area contributed by atoms with Crippen molar-refractivity contribution in [3.05, 3.63) is 57.5 Å². The molecule has 19 heavy (non-hydrogen) atoms. The zero-order valence-corrected chi connectivity index (χ0v) is 14.6. The molecule has 94 valence electrons. The number of rotatable bonds is 2. The molecule has 3 rings (SSSR count). The fourth-order valence-electron chi connectivity index (χ4n) is 1.71. The summed E-state index contributed by atoms with van der Waals surface area (Å²) in [6.07, 6.45) is 0. The molecule has 1 heterocycles. The molecule has 0 aliphatic carbocycles. The molecule has 0 amide bonds. The molecule has 3 aromatic rings. The van der Waals surface area contributed by atoms with E-state index in [4.69, 9.17) is 0 Å². The predicted octanol–water partition coefficient (Wildman–Crippen LogP) is 4.39. The molecule has 0 N–H and O–H groups in total. The second kappa shape index (κ2) is 5.71. The third-order valence-electron chi connectivity index (χ3n) is 2.58. The van der Waals surface area contributed by atoms with Gasteiger partial charge in [0.1, 0.15) is 0 Å². The van der Waals surface area contributed by atoms with Crippen LogP contribution in [-0.2, 0) is 0 Å². The third kappa shape index (κ3) is 3.06. The zero-order chi connectivity index (χ0) is 13.2. The number of hydrogen-bond donors (Lipinski definition) is 0. The van der Waals surface area contributed by atoms with Crippen LogP contribution in [0.3, 0.4) is 0 Å². The Morgan fingerprint density at radius 2 is 1.47 bits per heavy atom. The molecule has 0 saturated heterocycles. The van der Waals surface area contributed by atoms with Crippen LogP contribution in [0.1, 0.15) is 0 Å². The van der Waals surface area contributed by atoms with Gasteiger partial charge in [0.2, 0.25) is 0 Å². The van der Waals surface area contributed by atoms with Gasteiger partial charge >= 0.3 is 135 Å². The van der Waals surface area contributed by atoms with Gasteiger partial charge in [-0.25, -0.2) is 0 Å². The van der Waals surface area contributed by atoms with Crippen molar-refractivity contribution in [2.45, 2.75) is 0 Å². The van der Waals surface area contributed by atoms with Crippen molar-refractivity contribution in [2.24, 2.45) is 0 Å². The molecule has 0 radical (unpaired) electrons. The summed E-state index contributed by atoms with van der Waals surface area (Å²) in [5, 5.41) is 0. The maximum atomic E-state index is 4.66. The van der Waals surface area contributed by atoms with Crippen LogP contribution in [0, 0.1) is 0 Å². The SMILES string of the molecule is Brc1cccc(-c2n[se]c(-c3cccc(Br)c3)n2)c1. The monoisotopic (exact) mass is 442 g/mol. The van der Waals surface area contributed by atoms with Gasteiger partial charge in [0.05, 0.1) is 0 Å². The maximum absolute atomic E-state index is 4.66. The van der Waals surface area contributed by atoms with E-state index in [1.165, 1.54) is 0 Å². The van der Waals surface area contributed by atoms with Crippen LogP contribution in [0.2, 0.25) is 0 Å². The zero-order valence-electron chi connectivity index (χ0n) is 9.68. The summed E-state index contributed by atoms with van der Waals surface area (Å²) in [4.78, 5) is 4.66. The molecular formula is C14H8Br2N2Se. The van der Waals surface area contributed by atoms with Crippen molar-refractivity contribution in [1.29, 1.82) is 0 Å². The first-order valence-corrected chi connectivity index (χ1v) is 8.79. The summed E-state index contributed by atoms with van der Waals surface area (Å²) in [5.41, 5.74) is 2.20. The van der Waals surface area contributed by atoms with Crippen LogP contribution in [0.5, 0.6) is 0 Å². The Balaban J connectivity index is 2.00. The van der Waals surface area contributed by atoms with E-state index in [1.54, 1.807) is 0 Å². The van der Waals surface area contributed by atoms with Gasteiger partial charge in [0.25, 0.3) is 0 Å². The van der Waals surface area contributed by atoms with Crippen molar-refractivity contribution in [3.8, 4) is 21.5 Å². The Morgan fingerprint density at radius 1 is 0.842 bits per heavy atom. The fourth-order valence-corrected chi connectivity index (χ4v) is 3.93. The van der Waals surface area contributed by atoms with Crippen LogP contribution in [0.4, 0.5) is 0 Å². The number of halogens is 2. The molecule has 0 aliphatic rings. The van der Waals surface area contributed by atoms with E-state index in [-0.39, 0.29) is 14.7 Å². The minimum atomic E-state index is 0.0540. The summed E-state index contributed by atoms with van der Waals surface area (Å²) in [6, 6.07) is 16.3. The molecule has 2 aromatic carbocycles. The molecule has 0 bridgehead atoms. The number of hydrogen-bond acceptors (Lipinski definition) is 2. The third-order valence-corrected chi connectivity index (χ3v) is 5.17. The molecule has 2 nitrogen and oxygen atoms in total. The van der Waals surface area contributed by atoms with Gasteiger partial charge in [-0.3, -0.25) is 0 Å². The van der Waals surface area contributed by atoms with Crippen molar-refractivity contribution in [3.63, 3.8) is 0 Å². The normalized spacial score (nSPS) is 10.6. The Morgan fingerprint density at radius 3 is 2.16 bits per heavy atom. The summed E-state index contributed by atoms with van der Waals surface area (Å²) >= 11 is 7.02. The van der Waals surface area contributed by atoms with Gasteiger partial charge in [0.15, 0.2) is 0 Å². The molecule has 0 saturated carbocycles. The number of benzene rings is 2. The van der Waals surface area contributed by atoms with Crippen LogP contribution in [0.25, 0.3) is 21.5 Å². The Kier molecular flexibility index (Phi) is 3.99. The van der Waals surface area contributed by atoms with Gasteiger partial charge in [-0.15, -0.1) is 0 Å². The van der Waals surface area contributed by atoms with E-state index in [1.807, 2.05) is 36.4 Å². The van der Waals surface area contributed by atoms with E-state index in [9.17, 15) is 0 Å². The van der Waals surface area contributed by atoms with Gasteiger partial charge in [-0.05, 0) is 0 Å². The van der Waals surface area contributed by atoms with Gasteiger partial charge in [-0.2, -0.15) is 0 Å². The first-order chi connectivity index (χ1) is 9.22. The number of aromatic nitrogens is 2. The van der Waals surface area contributed by atoms with Crippen molar-refractivity contribution >= 4 is 46.6 Å².